The summed E-state index contributed by atoms with van der Waals surface area (Å²) < 4.78 is 41.8. The Hall–Kier alpha value is -0.820. The van der Waals surface area contributed by atoms with Gasteiger partial charge in [0.25, 0.3) is 0 Å². The number of esters is 1. The molecule has 0 spiro atoms. The number of carbonyl (C=O) groups excluding carboxylic acids is 1. The van der Waals surface area contributed by atoms with Gasteiger partial charge in [-0.2, -0.15) is 13.2 Å². The smallest absolute Gasteiger partial charge is 0.404 e. The maximum Gasteiger partial charge on any atom is 0.404 e. The van der Waals surface area contributed by atoms with E-state index in [1.165, 1.54) is 0 Å². The SMILES string of the molecule is COC(=O)CC(N1CC(N)C1)C(F)(F)F. The van der Waals surface area contributed by atoms with E-state index in [2.05, 4.69) is 4.74 Å². The third-order valence-corrected chi connectivity index (χ3v) is 2.34. The first kappa shape index (κ1) is 12.3. The van der Waals surface area contributed by atoms with Crippen molar-refractivity contribution in [2.75, 3.05) is 20.2 Å². The van der Waals surface area contributed by atoms with Gasteiger partial charge in [0, 0.05) is 19.1 Å². The van der Waals surface area contributed by atoms with Crippen LogP contribution in [0, 0.1) is 0 Å². The Balaban J connectivity index is 2.58. The molecule has 0 saturated carbocycles. The lowest BCUT2D eigenvalue weighted by atomic mass is 10.0. The van der Waals surface area contributed by atoms with Crippen LogP contribution < -0.4 is 5.73 Å². The van der Waals surface area contributed by atoms with E-state index in [0.717, 1.165) is 12.0 Å². The van der Waals surface area contributed by atoms with Crippen LogP contribution in [0.5, 0.6) is 0 Å². The normalized spacial score (nSPS) is 20.9. The fourth-order valence-electron chi connectivity index (χ4n) is 1.50. The van der Waals surface area contributed by atoms with Gasteiger partial charge in [0.2, 0.25) is 0 Å². The molecule has 2 N–H and O–H groups in total. The third-order valence-electron chi connectivity index (χ3n) is 2.34. The first-order valence-corrected chi connectivity index (χ1v) is 4.47. The molecule has 1 fully saturated rings. The van der Waals surface area contributed by atoms with Crippen LogP contribution in [0.1, 0.15) is 6.42 Å². The molecule has 1 saturated heterocycles. The molecule has 7 heteroatoms. The predicted octanol–water partition coefficient (Wildman–Crippen LogP) is 0.123. The average Bonchev–Trinajstić information content (AvgIpc) is 2.07. The highest BCUT2D eigenvalue weighted by Crippen LogP contribution is 2.30. The van der Waals surface area contributed by atoms with Crippen molar-refractivity contribution in [3.05, 3.63) is 0 Å². The number of likely N-dealkylation sites (tertiary alicyclic amines) is 1. The standard InChI is InChI=1S/C8H13F3N2O2/c1-15-7(14)2-6(8(9,10)11)13-3-5(12)4-13/h5-6H,2-4,12H2,1H3. The van der Waals surface area contributed by atoms with E-state index in [-0.39, 0.29) is 19.1 Å². The summed E-state index contributed by atoms with van der Waals surface area (Å²) in [6.45, 7) is 0.336. The summed E-state index contributed by atoms with van der Waals surface area (Å²) in [7, 11) is 1.07. The number of carbonyl (C=O) groups is 1. The van der Waals surface area contributed by atoms with E-state index in [9.17, 15) is 18.0 Å². The van der Waals surface area contributed by atoms with Crippen LogP contribution in [0.15, 0.2) is 0 Å². The highest BCUT2D eigenvalue weighted by molar-refractivity contribution is 5.70. The molecule has 1 unspecified atom stereocenters. The summed E-state index contributed by atoms with van der Waals surface area (Å²) in [5.74, 6) is -0.863. The number of rotatable bonds is 3. The molecule has 1 heterocycles. The number of nitrogens with two attached hydrogens (primary N) is 1. The molecular weight excluding hydrogens is 213 g/mol. The Morgan fingerprint density at radius 2 is 2.13 bits per heavy atom. The van der Waals surface area contributed by atoms with Gasteiger partial charge in [-0.25, -0.2) is 0 Å². The van der Waals surface area contributed by atoms with E-state index in [1.807, 2.05) is 0 Å². The lowest BCUT2D eigenvalue weighted by Crippen LogP contribution is -2.63. The monoisotopic (exact) mass is 226 g/mol. The van der Waals surface area contributed by atoms with Crippen LogP contribution in [0.2, 0.25) is 0 Å². The number of alkyl halides is 3. The van der Waals surface area contributed by atoms with Crippen molar-refractivity contribution in [2.24, 2.45) is 5.73 Å². The Labute approximate surface area is 85.2 Å². The fraction of sp³-hybridized carbons (Fsp3) is 0.875. The van der Waals surface area contributed by atoms with E-state index in [0.29, 0.717) is 0 Å². The number of halogens is 3. The van der Waals surface area contributed by atoms with Gasteiger partial charge in [-0.3, -0.25) is 9.69 Å². The van der Waals surface area contributed by atoms with Gasteiger partial charge in [0.05, 0.1) is 13.5 Å². The van der Waals surface area contributed by atoms with Crippen molar-refractivity contribution in [3.63, 3.8) is 0 Å². The molecule has 0 aromatic heterocycles. The molecule has 0 aliphatic carbocycles. The van der Waals surface area contributed by atoms with Gasteiger partial charge in [0.15, 0.2) is 0 Å². The molecular formula is C8H13F3N2O2. The molecule has 0 aromatic rings. The zero-order chi connectivity index (χ0) is 11.6. The summed E-state index contributed by atoms with van der Waals surface area (Å²) in [6.07, 6.45) is -5.10. The van der Waals surface area contributed by atoms with Crippen LogP contribution in [0.25, 0.3) is 0 Å². The van der Waals surface area contributed by atoms with Crippen molar-refractivity contribution in [3.8, 4) is 0 Å². The molecule has 4 nitrogen and oxygen atoms in total. The Morgan fingerprint density at radius 3 is 2.47 bits per heavy atom. The van der Waals surface area contributed by atoms with Crippen LogP contribution in [-0.2, 0) is 9.53 Å². The lowest BCUT2D eigenvalue weighted by Gasteiger charge is -2.42. The second-order valence-electron chi connectivity index (χ2n) is 3.55. The van der Waals surface area contributed by atoms with Crippen molar-refractivity contribution in [1.29, 1.82) is 0 Å². The number of methoxy groups -OCH3 is 1. The second kappa shape index (κ2) is 4.36. The number of ether oxygens (including phenoxy) is 1. The van der Waals surface area contributed by atoms with Crippen LogP contribution in [0.4, 0.5) is 13.2 Å². The van der Waals surface area contributed by atoms with Gasteiger partial charge < -0.3 is 10.5 Å². The first-order valence-electron chi connectivity index (χ1n) is 4.47. The molecule has 88 valence electrons. The largest absolute Gasteiger partial charge is 0.469 e. The maximum absolute atomic E-state index is 12.5. The van der Waals surface area contributed by atoms with Crippen molar-refractivity contribution in [2.45, 2.75) is 24.7 Å². The summed E-state index contributed by atoms with van der Waals surface area (Å²) in [4.78, 5) is 12.0. The van der Waals surface area contributed by atoms with E-state index in [4.69, 9.17) is 5.73 Å². The molecule has 0 aromatic carbocycles. The van der Waals surface area contributed by atoms with Gasteiger partial charge >= 0.3 is 12.1 Å². The fourth-order valence-corrected chi connectivity index (χ4v) is 1.50. The maximum atomic E-state index is 12.5. The molecule has 0 radical (unpaired) electrons. The van der Waals surface area contributed by atoms with E-state index in [1.54, 1.807) is 0 Å². The minimum atomic E-state index is -4.42. The summed E-state index contributed by atoms with van der Waals surface area (Å²) in [5, 5.41) is 0. The highest BCUT2D eigenvalue weighted by atomic mass is 19.4. The zero-order valence-electron chi connectivity index (χ0n) is 8.25. The van der Waals surface area contributed by atoms with Gasteiger partial charge in [0.1, 0.15) is 6.04 Å². The summed E-state index contributed by atoms with van der Waals surface area (Å²) >= 11 is 0. The van der Waals surface area contributed by atoms with E-state index < -0.39 is 24.6 Å². The Morgan fingerprint density at radius 1 is 1.60 bits per heavy atom. The Kier molecular flexibility index (Phi) is 3.56. The van der Waals surface area contributed by atoms with Gasteiger partial charge in [-0.15, -0.1) is 0 Å². The van der Waals surface area contributed by atoms with Crippen LogP contribution in [-0.4, -0.2) is 49.3 Å². The third kappa shape index (κ3) is 3.07. The number of nitrogens with zero attached hydrogens (tertiary/aromatic N) is 1. The quantitative estimate of drug-likeness (QED) is 0.695. The molecule has 15 heavy (non-hydrogen) atoms. The minimum absolute atomic E-state index is 0.168. The number of hydrogen-bond acceptors (Lipinski definition) is 4. The topological polar surface area (TPSA) is 55.6 Å². The molecule has 1 rings (SSSR count). The molecule has 0 amide bonds. The molecule has 1 aliphatic heterocycles. The van der Waals surface area contributed by atoms with Crippen molar-refractivity contribution >= 4 is 5.97 Å². The Bertz CT molecular complexity index is 239. The highest BCUT2D eigenvalue weighted by Gasteiger charge is 2.48. The lowest BCUT2D eigenvalue weighted by molar-refractivity contribution is -0.200. The molecule has 1 aliphatic rings. The average molecular weight is 226 g/mol. The van der Waals surface area contributed by atoms with Gasteiger partial charge in [-0.1, -0.05) is 0 Å². The van der Waals surface area contributed by atoms with E-state index >= 15 is 0 Å². The minimum Gasteiger partial charge on any atom is -0.469 e. The van der Waals surface area contributed by atoms with Gasteiger partial charge in [-0.05, 0) is 0 Å². The van der Waals surface area contributed by atoms with Crippen molar-refractivity contribution in [1.82, 2.24) is 4.90 Å². The molecule has 1 atom stereocenters. The summed E-state index contributed by atoms with van der Waals surface area (Å²) in [6, 6.07) is -2.00. The predicted molar refractivity (Wildman–Crippen MR) is 46.0 cm³/mol. The van der Waals surface area contributed by atoms with Crippen LogP contribution in [0.3, 0.4) is 0 Å². The zero-order valence-corrected chi connectivity index (χ0v) is 8.25. The first-order chi connectivity index (χ1) is 6.84. The number of hydrogen-bond donors (Lipinski definition) is 1. The summed E-state index contributed by atoms with van der Waals surface area (Å²) in [5.41, 5.74) is 5.39. The second-order valence-corrected chi connectivity index (χ2v) is 3.55. The molecule has 0 bridgehead atoms. The van der Waals surface area contributed by atoms with Crippen LogP contribution >= 0.6 is 0 Å². The van der Waals surface area contributed by atoms with Crippen molar-refractivity contribution < 1.29 is 22.7 Å².